The molecule has 0 aliphatic rings. The van der Waals surface area contributed by atoms with Gasteiger partial charge in [0.2, 0.25) is 0 Å². The lowest BCUT2D eigenvalue weighted by Gasteiger charge is -2.19. The quantitative estimate of drug-likeness (QED) is 0.441. The van der Waals surface area contributed by atoms with E-state index in [2.05, 4.69) is 0 Å². The first-order valence-electron chi connectivity index (χ1n) is 8.86. The van der Waals surface area contributed by atoms with Gasteiger partial charge in [-0.05, 0) is 37.1 Å². The van der Waals surface area contributed by atoms with E-state index in [9.17, 15) is 14.2 Å². The van der Waals surface area contributed by atoms with Gasteiger partial charge in [0, 0.05) is 29.1 Å². The molecule has 0 radical (unpaired) electrons. The Morgan fingerprint density at radius 2 is 1.39 bits per heavy atom. The maximum atomic E-state index is 13.5. The van der Waals surface area contributed by atoms with Crippen LogP contribution >= 0.6 is 7.37 Å². The highest BCUT2D eigenvalue weighted by atomic mass is 31.2. The van der Waals surface area contributed by atoms with Crippen molar-refractivity contribution < 1.29 is 18.7 Å². The zero-order chi connectivity index (χ0) is 20.3. The van der Waals surface area contributed by atoms with Gasteiger partial charge in [-0.15, -0.1) is 0 Å². The summed E-state index contributed by atoms with van der Waals surface area (Å²) in [5.41, 5.74) is 1.78. The standard InChI is InChI=1S/C23H21O4P/c1-16-14-15-20(22(24)18-10-6-4-7-11-18)17(2)21(16)23(25)28(26,27-3)19-12-8-5-9-13-19/h4-15H,1-3H3. The van der Waals surface area contributed by atoms with Crippen LogP contribution in [0, 0.1) is 13.8 Å². The lowest BCUT2D eigenvalue weighted by atomic mass is 9.93. The summed E-state index contributed by atoms with van der Waals surface area (Å²) in [6, 6.07) is 20.7. The monoisotopic (exact) mass is 392 g/mol. The van der Waals surface area contributed by atoms with Crippen molar-refractivity contribution >= 4 is 24.0 Å². The third kappa shape index (κ3) is 3.49. The predicted molar refractivity (Wildman–Crippen MR) is 111 cm³/mol. The fourth-order valence-corrected chi connectivity index (χ4v) is 5.06. The van der Waals surface area contributed by atoms with Crippen molar-refractivity contribution in [2.24, 2.45) is 0 Å². The summed E-state index contributed by atoms with van der Waals surface area (Å²) >= 11 is 0. The first kappa shape index (κ1) is 19.9. The average molecular weight is 392 g/mol. The molecule has 0 heterocycles. The molecule has 4 nitrogen and oxygen atoms in total. The molecule has 0 saturated carbocycles. The van der Waals surface area contributed by atoms with Gasteiger partial charge in [0.1, 0.15) is 0 Å². The van der Waals surface area contributed by atoms with E-state index in [1.807, 2.05) is 6.07 Å². The minimum atomic E-state index is -3.79. The highest BCUT2D eigenvalue weighted by Gasteiger charge is 2.37. The summed E-state index contributed by atoms with van der Waals surface area (Å²) in [5.74, 6) is -0.181. The second kappa shape index (κ2) is 8.05. The summed E-state index contributed by atoms with van der Waals surface area (Å²) in [5, 5.41) is 0.334. The van der Waals surface area contributed by atoms with Crippen LogP contribution < -0.4 is 5.30 Å². The third-order valence-electron chi connectivity index (χ3n) is 4.79. The Bertz CT molecular complexity index is 1070. The Hall–Kier alpha value is -2.81. The van der Waals surface area contributed by atoms with Crippen molar-refractivity contribution in [1.29, 1.82) is 0 Å². The minimum Gasteiger partial charge on any atom is -0.323 e. The molecule has 0 aromatic heterocycles. The number of carbonyl (C=O) groups excluding carboxylic acids is 2. The average Bonchev–Trinajstić information content (AvgIpc) is 2.74. The number of benzene rings is 3. The van der Waals surface area contributed by atoms with E-state index in [0.717, 1.165) is 0 Å². The van der Waals surface area contributed by atoms with Crippen LogP contribution in [0.4, 0.5) is 0 Å². The lowest BCUT2D eigenvalue weighted by Crippen LogP contribution is -2.18. The van der Waals surface area contributed by atoms with E-state index in [1.165, 1.54) is 7.11 Å². The van der Waals surface area contributed by atoms with Crippen LogP contribution in [0.5, 0.6) is 0 Å². The molecular weight excluding hydrogens is 371 g/mol. The molecule has 1 unspecified atom stereocenters. The summed E-state index contributed by atoms with van der Waals surface area (Å²) < 4.78 is 18.7. The molecule has 3 aromatic rings. The molecule has 0 N–H and O–H groups in total. The summed E-state index contributed by atoms with van der Waals surface area (Å²) in [6.45, 7) is 3.48. The zero-order valence-corrected chi connectivity index (χ0v) is 16.9. The van der Waals surface area contributed by atoms with Crippen molar-refractivity contribution in [2.75, 3.05) is 7.11 Å². The van der Waals surface area contributed by atoms with Crippen LogP contribution in [0.25, 0.3) is 0 Å². The van der Waals surface area contributed by atoms with Crippen molar-refractivity contribution in [1.82, 2.24) is 0 Å². The Labute approximate surface area is 164 Å². The molecule has 0 bridgehead atoms. The second-order valence-corrected chi connectivity index (χ2v) is 8.89. The van der Waals surface area contributed by atoms with Gasteiger partial charge in [0.15, 0.2) is 5.78 Å². The fourth-order valence-electron chi connectivity index (χ4n) is 3.24. The molecule has 1 atom stereocenters. The molecule has 3 rings (SSSR count). The topological polar surface area (TPSA) is 60.4 Å². The molecule has 142 valence electrons. The summed E-state index contributed by atoms with van der Waals surface area (Å²) in [4.78, 5) is 26.3. The molecule has 0 spiro atoms. The van der Waals surface area contributed by atoms with Crippen LogP contribution in [0.2, 0.25) is 0 Å². The molecule has 5 heteroatoms. The normalized spacial score (nSPS) is 13.0. The molecule has 0 saturated heterocycles. The lowest BCUT2D eigenvalue weighted by molar-refractivity contribution is 0.103. The molecule has 0 amide bonds. The number of ketones is 1. The van der Waals surface area contributed by atoms with Crippen molar-refractivity contribution in [3.8, 4) is 0 Å². The highest BCUT2D eigenvalue weighted by Crippen LogP contribution is 2.49. The van der Waals surface area contributed by atoms with Gasteiger partial charge in [-0.1, -0.05) is 60.7 Å². The number of hydrogen-bond donors (Lipinski definition) is 0. The van der Waals surface area contributed by atoms with E-state index in [-0.39, 0.29) is 11.3 Å². The van der Waals surface area contributed by atoms with Crippen LogP contribution in [0.15, 0.2) is 72.8 Å². The number of carbonyl (C=O) groups is 2. The van der Waals surface area contributed by atoms with Gasteiger partial charge in [-0.25, -0.2) is 0 Å². The van der Waals surface area contributed by atoms with Crippen LogP contribution in [-0.2, 0) is 9.09 Å². The maximum absolute atomic E-state index is 13.5. The van der Waals surface area contributed by atoms with Crippen LogP contribution in [0.3, 0.4) is 0 Å². The van der Waals surface area contributed by atoms with E-state index in [0.29, 0.717) is 27.6 Å². The Morgan fingerprint density at radius 1 is 0.821 bits per heavy atom. The smallest absolute Gasteiger partial charge is 0.300 e. The fraction of sp³-hybridized carbons (Fsp3) is 0.130. The van der Waals surface area contributed by atoms with Gasteiger partial charge in [0.05, 0.1) is 0 Å². The van der Waals surface area contributed by atoms with Gasteiger partial charge >= 0.3 is 7.37 Å². The third-order valence-corrected chi connectivity index (χ3v) is 7.04. The Kier molecular flexibility index (Phi) is 5.73. The van der Waals surface area contributed by atoms with Crippen molar-refractivity contribution in [3.63, 3.8) is 0 Å². The first-order chi connectivity index (χ1) is 13.4. The van der Waals surface area contributed by atoms with Crippen molar-refractivity contribution in [2.45, 2.75) is 13.8 Å². The van der Waals surface area contributed by atoms with Crippen LogP contribution in [-0.4, -0.2) is 18.4 Å². The van der Waals surface area contributed by atoms with Gasteiger partial charge in [-0.2, -0.15) is 0 Å². The molecule has 0 fully saturated rings. The van der Waals surface area contributed by atoms with E-state index in [1.54, 1.807) is 80.6 Å². The van der Waals surface area contributed by atoms with Crippen molar-refractivity contribution in [3.05, 3.63) is 101 Å². The van der Waals surface area contributed by atoms with Gasteiger partial charge < -0.3 is 4.52 Å². The first-order valence-corrected chi connectivity index (χ1v) is 10.5. The second-order valence-electron chi connectivity index (χ2n) is 6.50. The maximum Gasteiger partial charge on any atom is 0.300 e. The number of aryl methyl sites for hydroxylation is 1. The van der Waals surface area contributed by atoms with Gasteiger partial charge in [-0.3, -0.25) is 14.2 Å². The Balaban J connectivity index is 2.13. The van der Waals surface area contributed by atoms with E-state index in [4.69, 9.17) is 4.52 Å². The summed E-state index contributed by atoms with van der Waals surface area (Å²) in [6.07, 6.45) is 0. The minimum absolute atomic E-state index is 0.181. The molecule has 28 heavy (non-hydrogen) atoms. The van der Waals surface area contributed by atoms with Crippen LogP contribution in [0.1, 0.15) is 37.4 Å². The van der Waals surface area contributed by atoms with E-state index >= 15 is 0 Å². The molecule has 0 aliphatic heterocycles. The highest BCUT2D eigenvalue weighted by molar-refractivity contribution is 7.83. The predicted octanol–water partition coefficient (Wildman–Crippen LogP) is 4.92. The van der Waals surface area contributed by atoms with E-state index < -0.39 is 12.9 Å². The molecule has 3 aromatic carbocycles. The molecular formula is C23H21O4P. The van der Waals surface area contributed by atoms with Gasteiger partial charge in [0.25, 0.3) is 5.52 Å². The number of rotatable bonds is 6. The zero-order valence-electron chi connectivity index (χ0n) is 16.0. The SMILES string of the molecule is COP(=O)(C(=O)c1c(C)ccc(C(=O)c2ccccc2)c1C)c1ccccc1. The molecule has 0 aliphatic carbocycles. The number of hydrogen-bond acceptors (Lipinski definition) is 4. The summed E-state index contributed by atoms with van der Waals surface area (Å²) in [7, 11) is -2.52. The Morgan fingerprint density at radius 3 is 1.96 bits per heavy atom. The largest absolute Gasteiger partial charge is 0.323 e.